The van der Waals surface area contributed by atoms with E-state index in [1.807, 2.05) is 43.1 Å². The summed E-state index contributed by atoms with van der Waals surface area (Å²) in [5.74, 6) is 0.956. The van der Waals surface area contributed by atoms with Crippen LogP contribution in [0.15, 0.2) is 18.3 Å². The van der Waals surface area contributed by atoms with E-state index in [1.165, 1.54) is 0 Å². The zero-order valence-corrected chi connectivity index (χ0v) is 14.3. The lowest BCUT2D eigenvalue weighted by molar-refractivity contribution is 0.0707. The summed E-state index contributed by atoms with van der Waals surface area (Å²) >= 11 is 0. The third-order valence-corrected chi connectivity index (χ3v) is 3.64. The summed E-state index contributed by atoms with van der Waals surface area (Å²) in [6, 6.07) is 4.28. The summed E-state index contributed by atoms with van der Waals surface area (Å²) < 4.78 is 0. The zero-order valence-electron chi connectivity index (χ0n) is 12.7. The Balaban J connectivity index is 0.00000200. The number of amides is 1. The first-order valence-corrected chi connectivity index (χ1v) is 6.71. The highest BCUT2D eigenvalue weighted by Crippen LogP contribution is 2.15. The molecule has 0 spiro atoms. The van der Waals surface area contributed by atoms with E-state index in [9.17, 15) is 4.79 Å². The SMILES string of the molecule is CNC1CCN(C(=O)c2ccc(N(C)C)nc2)CC1.Cl.Cl. The van der Waals surface area contributed by atoms with Crippen LogP contribution in [-0.2, 0) is 0 Å². The van der Waals surface area contributed by atoms with Gasteiger partial charge in [-0.2, -0.15) is 0 Å². The molecule has 0 aromatic carbocycles. The molecule has 21 heavy (non-hydrogen) atoms. The molecular weight excluding hydrogens is 311 g/mol. The lowest BCUT2D eigenvalue weighted by Gasteiger charge is -2.31. The van der Waals surface area contributed by atoms with Crippen LogP contribution in [0.1, 0.15) is 23.2 Å². The molecule has 1 N–H and O–H groups in total. The monoisotopic (exact) mass is 334 g/mol. The normalized spacial score (nSPS) is 14.9. The Morgan fingerprint density at radius 3 is 2.33 bits per heavy atom. The van der Waals surface area contributed by atoms with E-state index in [4.69, 9.17) is 0 Å². The number of rotatable bonds is 3. The largest absolute Gasteiger partial charge is 0.363 e. The molecule has 1 aliphatic heterocycles. The number of hydrogen-bond acceptors (Lipinski definition) is 4. The fourth-order valence-corrected chi connectivity index (χ4v) is 2.33. The van der Waals surface area contributed by atoms with Gasteiger partial charge < -0.3 is 15.1 Å². The summed E-state index contributed by atoms with van der Waals surface area (Å²) in [7, 11) is 5.85. The van der Waals surface area contributed by atoms with Gasteiger partial charge in [-0.1, -0.05) is 0 Å². The number of hydrogen-bond donors (Lipinski definition) is 1. The Morgan fingerprint density at radius 1 is 1.29 bits per heavy atom. The van der Waals surface area contributed by atoms with Crippen molar-refractivity contribution < 1.29 is 4.79 Å². The van der Waals surface area contributed by atoms with Crippen molar-refractivity contribution >= 4 is 36.5 Å². The maximum absolute atomic E-state index is 12.3. The number of piperidine rings is 1. The lowest BCUT2D eigenvalue weighted by Crippen LogP contribution is -2.43. The molecule has 0 atom stereocenters. The Bertz CT molecular complexity index is 431. The molecular formula is C14H24Cl2N4O. The van der Waals surface area contributed by atoms with E-state index in [0.717, 1.165) is 31.7 Å². The average molecular weight is 335 g/mol. The fourth-order valence-electron chi connectivity index (χ4n) is 2.33. The molecule has 1 aromatic rings. The molecule has 0 unspecified atom stereocenters. The minimum Gasteiger partial charge on any atom is -0.363 e. The van der Waals surface area contributed by atoms with Crippen molar-refractivity contribution in [2.75, 3.05) is 39.1 Å². The molecule has 0 aliphatic carbocycles. The summed E-state index contributed by atoms with van der Waals surface area (Å²) in [5, 5.41) is 3.27. The molecule has 0 radical (unpaired) electrons. The van der Waals surface area contributed by atoms with Crippen LogP contribution in [0.25, 0.3) is 0 Å². The Kier molecular flexibility index (Phi) is 8.63. The molecule has 1 aliphatic rings. The molecule has 2 rings (SSSR count). The van der Waals surface area contributed by atoms with Gasteiger partial charge in [0.15, 0.2) is 0 Å². The molecule has 5 nitrogen and oxygen atoms in total. The number of halogens is 2. The first kappa shape index (κ1) is 20.0. The smallest absolute Gasteiger partial charge is 0.255 e. The number of nitrogens with one attached hydrogen (secondary N) is 1. The third-order valence-electron chi connectivity index (χ3n) is 3.64. The topological polar surface area (TPSA) is 48.5 Å². The predicted octanol–water partition coefficient (Wildman–Crippen LogP) is 1.82. The Hall–Kier alpha value is -1.04. The third kappa shape index (κ3) is 5.02. The highest BCUT2D eigenvalue weighted by atomic mass is 35.5. The van der Waals surface area contributed by atoms with Crippen LogP contribution in [-0.4, -0.2) is 56.1 Å². The van der Waals surface area contributed by atoms with Crippen LogP contribution >= 0.6 is 24.8 Å². The molecule has 0 saturated carbocycles. The van der Waals surface area contributed by atoms with Gasteiger partial charge in [0.05, 0.1) is 5.56 Å². The van der Waals surface area contributed by atoms with Gasteiger partial charge in [-0.25, -0.2) is 4.98 Å². The van der Waals surface area contributed by atoms with Crippen LogP contribution in [0, 0.1) is 0 Å². The Labute approximate surface area is 138 Å². The second-order valence-corrected chi connectivity index (χ2v) is 5.15. The predicted molar refractivity (Wildman–Crippen MR) is 91.0 cm³/mol. The fraction of sp³-hybridized carbons (Fsp3) is 0.571. The Morgan fingerprint density at radius 2 is 1.90 bits per heavy atom. The first-order valence-electron chi connectivity index (χ1n) is 6.71. The average Bonchev–Trinajstić information content (AvgIpc) is 2.46. The number of carbonyl (C=O) groups is 1. The highest BCUT2D eigenvalue weighted by molar-refractivity contribution is 5.94. The summed E-state index contributed by atoms with van der Waals surface area (Å²) in [6.07, 6.45) is 3.71. The van der Waals surface area contributed by atoms with E-state index in [1.54, 1.807) is 6.20 Å². The number of aromatic nitrogens is 1. The maximum Gasteiger partial charge on any atom is 0.255 e. The van der Waals surface area contributed by atoms with Crippen LogP contribution in [0.2, 0.25) is 0 Å². The molecule has 7 heteroatoms. The second kappa shape index (κ2) is 9.07. The molecule has 1 amide bonds. The minimum atomic E-state index is 0. The van der Waals surface area contributed by atoms with Gasteiger partial charge in [-0.15, -0.1) is 24.8 Å². The molecule has 0 bridgehead atoms. The molecule has 120 valence electrons. The molecule has 1 saturated heterocycles. The van der Waals surface area contributed by atoms with Gasteiger partial charge in [-0.05, 0) is 32.0 Å². The second-order valence-electron chi connectivity index (χ2n) is 5.15. The number of pyridine rings is 1. The minimum absolute atomic E-state index is 0. The van der Waals surface area contributed by atoms with Gasteiger partial charge in [0.25, 0.3) is 5.91 Å². The van der Waals surface area contributed by atoms with E-state index in [2.05, 4.69) is 10.3 Å². The maximum atomic E-state index is 12.3. The summed E-state index contributed by atoms with van der Waals surface area (Å²) in [5.41, 5.74) is 0.675. The van der Waals surface area contributed by atoms with Crippen molar-refractivity contribution in [3.8, 4) is 0 Å². The van der Waals surface area contributed by atoms with E-state index in [0.29, 0.717) is 11.6 Å². The highest BCUT2D eigenvalue weighted by Gasteiger charge is 2.22. The standard InChI is InChI=1S/C14H22N4O.2ClH/c1-15-12-6-8-18(9-7-12)14(19)11-4-5-13(16-10-11)17(2)3;;/h4-5,10,12,15H,6-9H2,1-3H3;2*1H. The first-order chi connectivity index (χ1) is 9.11. The van der Waals surface area contributed by atoms with Crippen LogP contribution in [0.4, 0.5) is 5.82 Å². The molecule has 1 aromatic heterocycles. The van der Waals surface area contributed by atoms with Gasteiger partial charge in [0.1, 0.15) is 5.82 Å². The van der Waals surface area contributed by atoms with Crippen molar-refractivity contribution in [1.82, 2.24) is 15.2 Å². The van der Waals surface area contributed by atoms with E-state index in [-0.39, 0.29) is 30.7 Å². The van der Waals surface area contributed by atoms with Gasteiger partial charge in [0, 0.05) is 39.4 Å². The molecule has 1 fully saturated rings. The summed E-state index contributed by atoms with van der Waals surface area (Å²) in [4.78, 5) is 20.5. The van der Waals surface area contributed by atoms with Crippen molar-refractivity contribution in [3.63, 3.8) is 0 Å². The van der Waals surface area contributed by atoms with Gasteiger partial charge in [0.2, 0.25) is 0 Å². The van der Waals surface area contributed by atoms with Crippen molar-refractivity contribution in [1.29, 1.82) is 0 Å². The zero-order chi connectivity index (χ0) is 13.8. The lowest BCUT2D eigenvalue weighted by atomic mass is 10.0. The van der Waals surface area contributed by atoms with Crippen LogP contribution in [0.5, 0.6) is 0 Å². The molecule has 2 heterocycles. The van der Waals surface area contributed by atoms with E-state index >= 15 is 0 Å². The van der Waals surface area contributed by atoms with Crippen molar-refractivity contribution in [2.24, 2.45) is 0 Å². The number of carbonyl (C=O) groups excluding carboxylic acids is 1. The number of nitrogens with zero attached hydrogens (tertiary/aromatic N) is 3. The van der Waals surface area contributed by atoms with Crippen LogP contribution in [0.3, 0.4) is 0 Å². The van der Waals surface area contributed by atoms with E-state index < -0.39 is 0 Å². The summed E-state index contributed by atoms with van der Waals surface area (Å²) in [6.45, 7) is 1.64. The quantitative estimate of drug-likeness (QED) is 0.915. The van der Waals surface area contributed by atoms with Gasteiger partial charge >= 0.3 is 0 Å². The van der Waals surface area contributed by atoms with Crippen LogP contribution < -0.4 is 10.2 Å². The van der Waals surface area contributed by atoms with Crippen molar-refractivity contribution in [2.45, 2.75) is 18.9 Å². The van der Waals surface area contributed by atoms with Crippen molar-refractivity contribution in [3.05, 3.63) is 23.9 Å². The number of likely N-dealkylation sites (tertiary alicyclic amines) is 1. The van der Waals surface area contributed by atoms with Gasteiger partial charge in [-0.3, -0.25) is 4.79 Å². The number of anilines is 1.